The maximum absolute atomic E-state index is 5.82. The number of anilines is 1. The lowest BCUT2D eigenvalue weighted by molar-refractivity contribution is -0.0410. The molecule has 0 fully saturated rings. The van der Waals surface area contributed by atoms with Crippen LogP contribution in [0.5, 0.6) is 0 Å². The summed E-state index contributed by atoms with van der Waals surface area (Å²) in [5.74, 6) is 6.28. The maximum atomic E-state index is 5.82. The summed E-state index contributed by atoms with van der Waals surface area (Å²) in [6, 6.07) is 0. The van der Waals surface area contributed by atoms with Crippen LogP contribution in [0.3, 0.4) is 0 Å². The number of H-pyrrole nitrogens is 1. The average Bonchev–Trinajstić information content (AvgIpc) is 2.74. The van der Waals surface area contributed by atoms with Crippen molar-refractivity contribution in [2.24, 2.45) is 5.84 Å². The van der Waals surface area contributed by atoms with Crippen molar-refractivity contribution < 1.29 is 4.74 Å². The summed E-state index contributed by atoms with van der Waals surface area (Å²) in [5, 5.41) is 1.67. The molecule has 0 radical (unpaired) electrons. The largest absolute Gasteiger partial charge is 0.369 e. The molecular formula is C12H17N5OS. The number of hydrogen-bond acceptors (Lipinski definition) is 6. The predicted molar refractivity (Wildman–Crippen MR) is 76.1 cm³/mol. The number of aromatic amines is 1. The van der Waals surface area contributed by atoms with E-state index in [1.54, 1.807) is 0 Å². The van der Waals surface area contributed by atoms with E-state index in [0.29, 0.717) is 17.6 Å². The van der Waals surface area contributed by atoms with Gasteiger partial charge in [0.15, 0.2) is 11.0 Å². The number of nitrogens with two attached hydrogens (primary N) is 1. The minimum Gasteiger partial charge on any atom is -0.369 e. The van der Waals surface area contributed by atoms with Gasteiger partial charge < -0.3 is 15.1 Å². The van der Waals surface area contributed by atoms with Crippen molar-refractivity contribution in [3.8, 4) is 0 Å². The van der Waals surface area contributed by atoms with Crippen LogP contribution in [0.25, 0.3) is 11.0 Å². The SMILES string of the molecule is CSc1nc(NN)c2c3c([nH]c2n1)COC(C)(C)C3. The van der Waals surface area contributed by atoms with Crippen LogP contribution in [0.2, 0.25) is 0 Å². The number of nitrogens with one attached hydrogen (secondary N) is 2. The molecule has 0 bridgehead atoms. The molecule has 0 spiro atoms. The van der Waals surface area contributed by atoms with Gasteiger partial charge in [0.1, 0.15) is 5.65 Å². The highest BCUT2D eigenvalue weighted by atomic mass is 32.2. The molecule has 102 valence electrons. The van der Waals surface area contributed by atoms with Crippen LogP contribution in [0.1, 0.15) is 25.1 Å². The summed E-state index contributed by atoms with van der Waals surface area (Å²) in [6.45, 7) is 4.74. The van der Waals surface area contributed by atoms with Crippen molar-refractivity contribution in [2.45, 2.75) is 37.6 Å². The van der Waals surface area contributed by atoms with Gasteiger partial charge in [0.05, 0.1) is 17.6 Å². The molecular weight excluding hydrogens is 262 g/mol. The standard InChI is InChI=1S/C12H17N5OS/c1-12(2)4-6-7(5-18-12)14-9-8(6)10(17-13)16-11(15-9)19-3/h4-5,13H2,1-3H3,(H2,14,15,16,17). The van der Waals surface area contributed by atoms with Gasteiger partial charge in [-0.3, -0.25) is 0 Å². The number of ether oxygens (including phenoxy) is 1. The molecule has 2 aromatic rings. The summed E-state index contributed by atoms with van der Waals surface area (Å²) < 4.78 is 5.82. The van der Waals surface area contributed by atoms with Gasteiger partial charge in [0, 0.05) is 12.1 Å². The lowest BCUT2D eigenvalue weighted by atomic mass is 9.94. The number of hydrazine groups is 1. The Kier molecular flexibility index (Phi) is 2.92. The van der Waals surface area contributed by atoms with Crippen LogP contribution in [-0.2, 0) is 17.8 Å². The fraction of sp³-hybridized carbons (Fsp3) is 0.500. The molecule has 0 unspecified atom stereocenters. The summed E-state index contributed by atoms with van der Waals surface area (Å²) in [5.41, 5.74) is 5.60. The highest BCUT2D eigenvalue weighted by molar-refractivity contribution is 7.98. The first-order valence-electron chi connectivity index (χ1n) is 6.10. The van der Waals surface area contributed by atoms with Gasteiger partial charge in [0.2, 0.25) is 0 Å². The lowest BCUT2D eigenvalue weighted by Crippen LogP contribution is -2.31. The zero-order valence-electron chi connectivity index (χ0n) is 11.2. The lowest BCUT2D eigenvalue weighted by Gasteiger charge is -2.30. The van der Waals surface area contributed by atoms with E-state index >= 15 is 0 Å². The average molecular weight is 279 g/mol. The molecule has 0 aliphatic carbocycles. The van der Waals surface area contributed by atoms with Crippen LogP contribution in [0.15, 0.2) is 5.16 Å². The molecule has 0 saturated carbocycles. The first-order chi connectivity index (χ1) is 9.04. The molecule has 0 atom stereocenters. The summed E-state index contributed by atoms with van der Waals surface area (Å²) >= 11 is 1.49. The van der Waals surface area contributed by atoms with E-state index in [1.807, 2.05) is 6.26 Å². The third-order valence-corrected chi connectivity index (χ3v) is 3.90. The Balaban J connectivity index is 2.25. The minimum absolute atomic E-state index is 0.174. The Morgan fingerprint density at radius 1 is 1.42 bits per heavy atom. The van der Waals surface area contributed by atoms with Crippen molar-refractivity contribution in [1.29, 1.82) is 0 Å². The van der Waals surface area contributed by atoms with Crippen molar-refractivity contribution in [2.75, 3.05) is 11.7 Å². The van der Waals surface area contributed by atoms with Crippen molar-refractivity contribution in [1.82, 2.24) is 15.0 Å². The number of fused-ring (bicyclic) bond motifs is 3. The van der Waals surface area contributed by atoms with Gasteiger partial charge in [-0.25, -0.2) is 15.8 Å². The molecule has 3 heterocycles. The van der Waals surface area contributed by atoms with Crippen molar-refractivity contribution in [3.05, 3.63) is 11.3 Å². The van der Waals surface area contributed by atoms with Gasteiger partial charge in [-0.2, -0.15) is 0 Å². The molecule has 1 aliphatic heterocycles. The van der Waals surface area contributed by atoms with Crippen LogP contribution < -0.4 is 11.3 Å². The van der Waals surface area contributed by atoms with E-state index in [2.05, 4.69) is 34.2 Å². The van der Waals surface area contributed by atoms with Gasteiger partial charge in [-0.1, -0.05) is 11.8 Å². The zero-order chi connectivity index (χ0) is 13.6. The van der Waals surface area contributed by atoms with Gasteiger partial charge in [0.25, 0.3) is 0 Å². The molecule has 0 amide bonds. The fourth-order valence-corrected chi connectivity index (χ4v) is 2.81. The number of nitrogens with zero attached hydrogens (tertiary/aromatic N) is 2. The topological polar surface area (TPSA) is 88.8 Å². The number of aromatic nitrogens is 3. The van der Waals surface area contributed by atoms with Gasteiger partial charge in [-0.15, -0.1) is 0 Å². The molecule has 7 heteroatoms. The van der Waals surface area contributed by atoms with Crippen LogP contribution in [0, 0.1) is 0 Å². The predicted octanol–water partition coefficient (Wildman–Crippen LogP) is 1.82. The van der Waals surface area contributed by atoms with Crippen molar-refractivity contribution in [3.63, 3.8) is 0 Å². The van der Waals surface area contributed by atoms with Crippen LogP contribution >= 0.6 is 11.8 Å². The number of hydrogen-bond donors (Lipinski definition) is 3. The zero-order valence-corrected chi connectivity index (χ0v) is 12.0. The fourth-order valence-electron chi connectivity index (χ4n) is 2.44. The Morgan fingerprint density at radius 3 is 2.89 bits per heavy atom. The Hall–Kier alpha value is -1.31. The normalized spacial score (nSPS) is 17.5. The first-order valence-corrected chi connectivity index (χ1v) is 7.32. The van der Waals surface area contributed by atoms with E-state index in [0.717, 1.165) is 23.1 Å². The molecule has 3 rings (SSSR count). The molecule has 0 saturated heterocycles. The number of rotatable bonds is 2. The Morgan fingerprint density at radius 2 is 2.21 bits per heavy atom. The minimum atomic E-state index is -0.174. The molecule has 6 nitrogen and oxygen atoms in total. The molecule has 19 heavy (non-hydrogen) atoms. The van der Waals surface area contributed by atoms with Crippen LogP contribution in [-0.4, -0.2) is 26.8 Å². The second kappa shape index (κ2) is 4.36. The molecule has 4 N–H and O–H groups in total. The number of nitrogen functional groups attached to an aromatic ring is 1. The van der Waals surface area contributed by atoms with E-state index in [9.17, 15) is 0 Å². The maximum Gasteiger partial charge on any atom is 0.191 e. The third kappa shape index (κ3) is 2.07. The summed E-state index contributed by atoms with van der Waals surface area (Å²) in [7, 11) is 0. The van der Waals surface area contributed by atoms with Gasteiger partial charge in [-0.05, 0) is 25.7 Å². The molecule has 0 aromatic carbocycles. The first kappa shape index (κ1) is 12.7. The number of thioether (sulfide) groups is 1. The van der Waals surface area contributed by atoms with E-state index in [4.69, 9.17) is 10.6 Å². The van der Waals surface area contributed by atoms with E-state index in [1.165, 1.54) is 17.3 Å². The second-order valence-corrected chi connectivity index (χ2v) is 6.01. The van der Waals surface area contributed by atoms with E-state index in [-0.39, 0.29) is 5.60 Å². The van der Waals surface area contributed by atoms with E-state index < -0.39 is 0 Å². The quantitative estimate of drug-likeness (QED) is 0.336. The Labute approximate surface area is 115 Å². The monoisotopic (exact) mass is 279 g/mol. The summed E-state index contributed by atoms with van der Waals surface area (Å²) in [6.07, 6.45) is 2.76. The summed E-state index contributed by atoms with van der Waals surface area (Å²) in [4.78, 5) is 12.2. The second-order valence-electron chi connectivity index (χ2n) is 5.23. The highest BCUT2D eigenvalue weighted by Crippen LogP contribution is 2.35. The van der Waals surface area contributed by atoms with Crippen LogP contribution in [0.4, 0.5) is 5.82 Å². The molecule has 2 aromatic heterocycles. The third-order valence-electron chi connectivity index (χ3n) is 3.35. The van der Waals surface area contributed by atoms with Crippen molar-refractivity contribution >= 4 is 28.6 Å². The Bertz CT molecular complexity index is 637. The molecule has 1 aliphatic rings. The van der Waals surface area contributed by atoms with Gasteiger partial charge >= 0.3 is 0 Å². The highest BCUT2D eigenvalue weighted by Gasteiger charge is 2.30. The smallest absolute Gasteiger partial charge is 0.191 e.